The molecule has 3 rings (SSSR count). The Morgan fingerprint density at radius 2 is 1.80 bits per heavy atom. The van der Waals surface area contributed by atoms with Gasteiger partial charge in [-0.15, -0.1) is 0 Å². The molecule has 0 radical (unpaired) electrons. The molecule has 1 aromatic rings. The summed E-state index contributed by atoms with van der Waals surface area (Å²) >= 11 is 0. The maximum absolute atomic E-state index is 12.6. The minimum absolute atomic E-state index is 0.0470. The molecule has 2 saturated heterocycles. The molecule has 3 unspecified atom stereocenters. The molecule has 2 aliphatic heterocycles. The van der Waals surface area contributed by atoms with E-state index in [2.05, 4.69) is 10.6 Å². The van der Waals surface area contributed by atoms with Gasteiger partial charge in [-0.2, -0.15) is 13.2 Å². The van der Waals surface area contributed by atoms with Crippen molar-refractivity contribution in [2.75, 3.05) is 0 Å². The summed E-state index contributed by atoms with van der Waals surface area (Å²) in [7, 11) is 0. The molecule has 2 N–H and O–H groups in total. The average molecular weight is 354 g/mol. The molecule has 0 aliphatic carbocycles. The van der Waals surface area contributed by atoms with Crippen molar-refractivity contribution in [3.05, 3.63) is 35.4 Å². The van der Waals surface area contributed by atoms with Crippen molar-refractivity contribution < 1.29 is 18.0 Å². The van der Waals surface area contributed by atoms with Gasteiger partial charge in [-0.3, -0.25) is 4.79 Å². The van der Waals surface area contributed by atoms with Gasteiger partial charge in [-0.25, -0.2) is 0 Å². The number of piperidine rings is 1. The lowest BCUT2D eigenvalue weighted by Gasteiger charge is -2.29. The summed E-state index contributed by atoms with van der Waals surface area (Å²) in [6, 6.07) is 6.19. The van der Waals surface area contributed by atoms with Gasteiger partial charge in [0.05, 0.1) is 5.56 Å². The van der Waals surface area contributed by atoms with Gasteiger partial charge in [0, 0.05) is 24.5 Å². The van der Waals surface area contributed by atoms with Gasteiger partial charge in [0.25, 0.3) is 0 Å². The summed E-state index contributed by atoms with van der Waals surface area (Å²) in [6.45, 7) is 1.89. The number of benzene rings is 1. The number of fused-ring (bicyclic) bond motifs is 2. The van der Waals surface area contributed by atoms with Gasteiger partial charge >= 0.3 is 6.18 Å². The number of rotatable bonds is 5. The fraction of sp³-hybridized carbons (Fsp3) is 0.632. The highest BCUT2D eigenvalue weighted by Crippen LogP contribution is 2.32. The molecule has 2 aliphatic rings. The van der Waals surface area contributed by atoms with Gasteiger partial charge in [-0.1, -0.05) is 12.1 Å². The highest BCUT2D eigenvalue weighted by Gasteiger charge is 2.34. The second-order valence-corrected chi connectivity index (χ2v) is 7.55. The molecular formula is C19H25F3N2O. The first-order valence-corrected chi connectivity index (χ1v) is 9.01. The zero-order valence-corrected chi connectivity index (χ0v) is 14.4. The van der Waals surface area contributed by atoms with Crippen LogP contribution in [0.25, 0.3) is 0 Å². The first-order valence-electron chi connectivity index (χ1n) is 9.01. The van der Waals surface area contributed by atoms with E-state index in [1.165, 1.54) is 25.0 Å². The predicted molar refractivity (Wildman–Crippen MR) is 90.0 cm³/mol. The third-order valence-electron chi connectivity index (χ3n) is 5.28. The van der Waals surface area contributed by atoms with E-state index in [-0.39, 0.29) is 11.9 Å². The molecule has 1 aromatic carbocycles. The molecule has 0 spiro atoms. The largest absolute Gasteiger partial charge is 0.416 e. The molecule has 6 heteroatoms. The Morgan fingerprint density at radius 3 is 2.36 bits per heavy atom. The second kappa shape index (κ2) is 7.36. The number of carbonyl (C=O) groups is 1. The third kappa shape index (κ3) is 4.97. The molecule has 2 fully saturated rings. The monoisotopic (exact) mass is 354 g/mol. The molecule has 3 nitrogen and oxygen atoms in total. The Labute approximate surface area is 146 Å². The quantitative estimate of drug-likeness (QED) is 0.847. The van der Waals surface area contributed by atoms with E-state index in [0.717, 1.165) is 30.5 Å². The number of carbonyl (C=O) groups excluding carboxylic acids is 1. The molecule has 0 saturated carbocycles. The Morgan fingerprint density at radius 1 is 1.20 bits per heavy atom. The van der Waals surface area contributed by atoms with E-state index < -0.39 is 11.7 Å². The Bertz CT molecular complexity index is 588. The average Bonchev–Trinajstić information content (AvgIpc) is 2.85. The van der Waals surface area contributed by atoms with E-state index in [9.17, 15) is 18.0 Å². The third-order valence-corrected chi connectivity index (χ3v) is 5.28. The van der Waals surface area contributed by atoms with E-state index in [1.54, 1.807) is 0 Å². The molecule has 2 heterocycles. The van der Waals surface area contributed by atoms with Crippen molar-refractivity contribution in [1.82, 2.24) is 10.6 Å². The Kier molecular flexibility index (Phi) is 5.37. The maximum Gasteiger partial charge on any atom is 0.416 e. The predicted octanol–water partition coefficient (Wildman–Crippen LogP) is 3.67. The maximum atomic E-state index is 12.6. The summed E-state index contributed by atoms with van der Waals surface area (Å²) in [5.74, 6) is 0.489. The lowest BCUT2D eigenvalue weighted by Crippen LogP contribution is -2.41. The van der Waals surface area contributed by atoms with E-state index in [4.69, 9.17) is 0 Å². The Balaban J connectivity index is 1.45. The number of alkyl halides is 3. The Hall–Kier alpha value is -1.56. The standard InChI is InChI=1S/C19H25F3N2O/c1-12(8-13-2-4-15(5-3-13)19(20,21)22)23-18(25)11-14-9-16-6-7-17(10-14)24-16/h2-5,12,14,16-17,24H,6-11H2,1H3,(H,23,25). The number of hydrogen-bond donors (Lipinski definition) is 2. The van der Waals surface area contributed by atoms with E-state index in [0.29, 0.717) is 30.8 Å². The highest BCUT2D eigenvalue weighted by atomic mass is 19.4. The van der Waals surface area contributed by atoms with Crippen molar-refractivity contribution in [3.63, 3.8) is 0 Å². The van der Waals surface area contributed by atoms with Gasteiger partial charge in [0.1, 0.15) is 0 Å². The lowest BCUT2D eigenvalue weighted by molar-refractivity contribution is -0.137. The number of amides is 1. The summed E-state index contributed by atoms with van der Waals surface area (Å²) < 4.78 is 37.7. The van der Waals surface area contributed by atoms with E-state index >= 15 is 0 Å². The van der Waals surface area contributed by atoms with Crippen molar-refractivity contribution in [3.8, 4) is 0 Å². The lowest BCUT2D eigenvalue weighted by atomic mass is 9.89. The zero-order valence-electron chi connectivity index (χ0n) is 14.4. The van der Waals surface area contributed by atoms with Crippen LogP contribution >= 0.6 is 0 Å². The van der Waals surface area contributed by atoms with Crippen LogP contribution in [0.1, 0.15) is 50.2 Å². The number of nitrogens with one attached hydrogen (secondary N) is 2. The van der Waals surface area contributed by atoms with Crippen LogP contribution in [0.2, 0.25) is 0 Å². The smallest absolute Gasteiger partial charge is 0.353 e. The molecule has 138 valence electrons. The molecule has 2 bridgehead atoms. The normalized spacial score (nSPS) is 27.1. The molecule has 1 amide bonds. The van der Waals surface area contributed by atoms with Crippen LogP contribution in [0.15, 0.2) is 24.3 Å². The second-order valence-electron chi connectivity index (χ2n) is 7.55. The van der Waals surface area contributed by atoms with Gasteiger partial charge in [0.15, 0.2) is 0 Å². The summed E-state index contributed by atoms with van der Waals surface area (Å²) in [6.07, 6.45) is 1.33. The van der Waals surface area contributed by atoms with Crippen molar-refractivity contribution in [2.45, 2.75) is 69.8 Å². The van der Waals surface area contributed by atoms with Crippen LogP contribution in [0.4, 0.5) is 13.2 Å². The molecule has 0 aromatic heterocycles. The van der Waals surface area contributed by atoms with Crippen LogP contribution < -0.4 is 10.6 Å². The molecule has 3 atom stereocenters. The van der Waals surface area contributed by atoms with Gasteiger partial charge in [0.2, 0.25) is 5.91 Å². The first kappa shape index (κ1) is 18.2. The summed E-state index contributed by atoms with van der Waals surface area (Å²) in [5.41, 5.74) is 0.147. The first-order chi connectivity index (χ1) is 11.8. The van der Waals surface area contributed by atoms with Crippen LogP contribution in [0.5, 0.6) is 0 Å². The van der Waals surface area contributed by atoms with E-state index in [1.807, 2.05) is 6.92 Å². The van der Waals surface area contributed by atoms with Crippen molar-refractivity contribution in [1.29, 1.82) is 0 Å². The van der Waals surface area contributed by atoms with Crippen LogP contribution in [0, 0.1) is 5.92 Å². The number of hydrogen-bond acceptors (Lipinski definition) is 2. The molecule has 25 heavy (non-hydrogen) atoms. The van der Waals surface area contributed by atoms with Crippen molar-refractivity contribution >= 4 is 5.91 Å². The minimum Gasteiger partial charge on any atom is -0.353 e. The van der Waals surface area contributed by atoms with Crippen LogP contribution in [-0.4, -0.2) is 24.0 Å². The topological polar surface area (TPSA) is 41.1 Å². The van der Waals surface area contributed by atoms with Crippen LogP contribution in [0.3, 0.4) is 0 Å². The summed E-state index contributed by atoms with van der Waals surface area (Å²) in [5, 5.41) is 6.56. The molecular weight excluding hydrogens is 329 g/mol. The summed E-state index contributed by atoms with van der Waals surface area (Å²) in [4.78, 5) is 12.3. The number of halogens is 3. The van der Waals surface area contributed by atoms with Gasteiger partial charge in [-0.05, 0) is 62.6 Å². The fourth-order valence-electron chi connectivity index (χ4n) is 4.17. The fourth-order valence-corrected chi connectivity index (χ4v) is 4.17. The minimum atomic E-state index is -4.31. The van der Waals surface area contributed by atoms with Crippen LogP contribution in [-0.2, 0) is 17.4 Å². The zero-order chi connectivity index (χ0) is 18.0. The van der Waals surface area contributed by atoms with Crippen molar-refractivity contribution in [2.24, 2.45) is 5.92 Å². The SMILES string of the molecule is CC(Cc1ccc(C(F)(F)F)cc1)NC(=O)CC1CC2CCC(C1)N2. The highest BCUT2D eigenvalue weighted by molar-refractivity contribution is 5.76. The van der Waals surface area contributed by atoms with Gasteiger partial charge < -0.3 is 10.6 Å².